The van der Waals surface area contributed by atoms with E-state index in [2.05, 4.69) is 5.32 Å². The van der Waals surface area contributed by atoms with Crippen molar-refractivity contribution >= 4 is 34.2 Å². The summed E-state index contributed by atoms with van der Waals surface area (Å²) in [5.74, 6) is -0.344. The van der Waals surface area contributed by atoms with Crippen LogP contribution in [0.25, 0.3) is 10.9 Å². The molecule has 2 aliphatic heterocycles. The maximum absolute atomic E-state index is 14.2. The van der Waals surface area contributed by atoms with Gasteiger partial charge in [-0.1, -0.05) is 44.2 Å². The first-order chi connectivity index (χ1) is 16.8. The van der Waals surface area contributed by atoms with Crippen molar-refractivity contribution in [2.45, 2.75) is 26.3 Å². The average molecular weight is 474 g/mol. The Morgan fingerprint density at radius 1 is 1.06 bits per heavy atom. The minimum atomic E-state index is -0.922. The van der Waals surface area contributed by atoms with E-state index >= 15 is 0 Å². The zero-order valence-electron chi connectivity index (χ0n) is 20.1. The van der Waals surface area contributed by atoms with Crippen LogP contribution >= 0.6 is 0 Å². The van der Waals surface area contributed by atoms with Crippen molar-refractivity contribution in [1.29, 1.82) is 0 Å². The van der Waals surface area contributed by atoms with Gasteiger partial charge in [0.2, 0.25) is 0 Å². The molecule has 0 spiro atoms. The van der Waals surface area contributed by atoms with Gasteiger partial charge in [-0.2, -0.15) is 0 Å². The van der Waals surface area contributed by atoms with Crippen LogP contribution in [0, 0.1) is 11.7 Å². The Labute approximate surface area is 203 Å². The van der Waals surface area contributed by atoms with E-state index in [0.29, 0.717) is 49.0 Å². The van der Waals surface area contributed by atoms with E-state index < -0.39 is 5.54 Å². The van der Waals surface area contributed by atoms with E-state index in [9.17, 15) is 14.0 Å². The van der Waals surface area contributed by atoms with Crippen LogP contribution in [-0.4, -0.2) is 59.3 Å². The van der Waals surface area contributed by atoms with Crippen LogP contribution in [0.5, 0.6) is 0 Å². The largest absolute Gasteiger partial charge is 0.366 e. The standard InChI is InChI=1S/C27H28FN5O2/c1-17(2)27(3)26(35)30-24(31-27)23-19(16-18-8-4-6-10-21(18)29-23)25(34)33-14-12-32(13-15-33)22-11-7-5-9-20(22)28/h4-11,16-17H,12-15H2,1-3H3,(H,30,31,35). The molecule has 1 aromatic heterocycles. The Kier molecular flexibility index (Phi) is 5.75. The summed E-state index contributed by atoms with van der Waals surface area (Å²) in [4.78, 5) is 39.7. The normalized spacial score (nSPS) is 20.4. The molecule has 1 unspecified atom stereocenters. The maximum Gasteiger partial charge on any atom is 0.256 e. The van der Waals surface area contributed by atoms with Gasteiger partial charge < -0.3 is 15.1 Å². The Morgan fingerprint density at radius 2 is 1.74 bits per heavy atom. The number of carbonyl (C=O) groups is 2. The number of nitrogens with one attached hydrogen (secondary N) is 1. The van der Waals surface area contributed by atoms with Gasteiger partial charge in [-0.15, -0.1) is 0 Å². The molecule has 5 rings (SSSR count). The molecule has 0 bridgehead atoms. The summed E-state index contributed by atoms with van der Waals surface area (Å²) in [5.41, 5.74) is 1.12. The lowest BCUT2D eigenvalue weighted by molar-refractivity contribution is -0.124. The van der Waals surface area contributed by atoms with Crippen molar-refractivity contribution in [3.8, 4) is 0 Å². The Balaban J connectivity index is 1.48. The second-order valence-electron chi connectivity index (χ2n) is 9.52. The number of aliphatic imine (C=N–C) groups is 1. The monoisotopic (exact) mass is 473 g/mol. The van der Waals surface area contributed by atoms with Crippen LogP contribution in [0.1, 0.15) is 36.8 Å². The molecule has 8 heteroatoms. The minimum Gasteiger partial charge on any atom is -0.366 e. The molecule has 180 valence electrons. The quantitative estimate of drug-likeness (QED) is 0.628. The number of aromatic nitrogens is 1. The highest BCUT2D eigenvalue weighted by Gasteiger charge is 2.43. The van der Waals surface area contributed by atoms with Gasteiger partial charge in [0.1, 0.15) is 17.1 Å². The molecule has 3 aromatic rings. The number of pyridine rings is 1. The number of anilines is 1. The highest BCUT2D eigenvalue weighted by Crippen LogP contribution is 2.29. The zero-order chi connectivity index (χ0) is 24.7. The molecule has 1 saturated heterocycles. The number of amides is 2. The van der Waals surface area contributed by atoms with Gasteiger partial charge in [0.15, 0.2) is 5.84 Å². The lowest BCUT2D eigenvalue weighted by Crippen LogP contribution is -2.49. The first-order valence-electron chi connectivity index (χ1n) is 11.9. The topological polar surface area (TPSA) is 77.9 Å². The predicted molar refractivity (Wildman–Crippen MR) is 134 cm³/mol. The van der Waals surface area contributed by atoms with Crippen molar-refractivity contribution in [2.24, 2.45) is 10.9 Å². The van der Waals surface area contributed by atoms with Crippen LogP contribution in [0.4, 0.5) is 10.1 Å². The molecular formula is C27H28FN5O2. The van der Waals surface area contributed by atoms with E-state index in [0.717, 1.165) is 10.9 Å². The molecule has 2 aromatic carbocycles. The third-order valence-corrected chi connectivity index (χ3v) is 7.10. The summed E-state index contributed by atoms with van der Waals surface area (Å²) in [7, 11) is 0. The molecule has 0 saturated carbocycles. The number of amidine groups is 1. The van der Waals surface area contributed by atoms with Crippen molar-refractivity contribution < 1.29 is 14.0 Å². The molecule has 1 atom stereocenters. The van der Waals surface area contributed by atoms with Crippen LogP contribution in [-0.2, 0) is 4.79 Å². The van der Waals surface area contributed by atoms with Gasteiger partial charge >= 0.3 is 0 Å². The highest BCUT2D eigenvalue weighted by atomic mass is 19.1. The summed E-state index contributed by atoms with van der Waals surface area (Å²) in [6.45, 7) is 7.62. The van der Waals surface area contributed by atoms with Gasteiger partial charge in [-0.3, -0.25) is 9.59 Å². The van der Waals surface area contributed by atoms with E-state index in [1.807, 2.05) is 55.1 Å². The number of hydrogen-bond donors (Lipinski definition) is 1. The lowest BCUT2D eigenvalue weighted by atomic mass is 9.89. The maximum atomic E-state index is 14.2. The molecule has 0 aliphatic carbocycles. The summed E-state index contributed by atoms with van der Waals surface area (Å²) >= 11 is 0. The first kappa shape index (κ1) is 23.0. The predicted octanol–water partition coefficient (Wildman–Crippen LogP) is 3.63. The van der Waals surface area contributed by atoms with Crippen LogP contribution < -0.4 is 10.2 Å². The summed E-state index contributed by atoms with van der Waals surface area (Å²) in [6, 6.07) is 16.1. The van der Waals surface area contributed by atoms with Gasteiger partial charge in [0.05, 0.1) is 16.8 Å². The second-order valence-corrected chi connectivity index (χ2v) is 9.52. The van der Waals surface area contributed by atoms with E-state index in [4.69, 9.17) is 9.98 Å². The summed E-state index contributed by atoms with van der Waals surface area (Å²) in [5, 5.41) is 3.70. The molecule has 35 heavy (non-hydrogen) atoms. The first-order valence-corrected chi connectivity index (χ1v) is 11.9. The third kappa shape index (κ3) is 4.03. The van der Waals surface area contributed by atoms with Crippen molar-refractivity contribution in [3.05, 3.63) is 71.7 Å². The summed E-state index contributed by atoms with van der Waals surface area (Å²) < 4.78 is 14.2. The van der Waals surface area contributed by atoms with Crippen LogP contribution in [0.3, 0.4) is 0 Å². The van der Waals surface area contributed by atoms with Gasteiger partial charge in [-0.25, -0.2) is 14.4 Å². The lowest BCUT2D eigenvalue weighted by Gasteiger charge is -2.36. The molecule has 1 N–H and O–H groups in total. The summed E-state index contributed by atoms with van der Waals surface area (Å²) in [6.07, 6.45) is 0. The SMILES string of the molecule is CC(C)C1(C)N=C(c2nc3ccccc3cc2C(=O)N2CCN(c3ccccc3F)CC2)NC1=O. The smallest absolute Gasteiger partial charge is 0.256 e. The molecule has 2 aliphatic rings. The van der Waals surface area contributed by atoms with Gasteiger partial charge in [0, 0.05) is 31.6 Å². The van der Waals surface area contributed by atoms with E-state index in [1.165, 1.54) is 6.07 Å². The molecule has 7 nitrogen and oxygen atoms in total. The second kappa shape index (κ2) is 8.76. The number of hydrogen-bond acceptors (Lipinski definition) is 5. The number of rotatable bonds is 4. The fourth-order valence-electron chi connectivity index (χ4n) is 4.54. The van der Waals surface area contributed by atoms with Crippen LogP contribution in [0.2, 0.25) is 0 Å². The van der Waals surface area contributed by atoms with Crippen molar-refractivity contribution in [2.75, 3.05) is 31.1 Å². The van der Waals surface area contributed by atoms with Crippen molar-refractivity contribution in [3.63, 3.8) is 0 Å². The Hall–Kier alpha value is -3.81. The number of benzene rings is 2. The van der Waals surface area contributed by atoms with E-state index in [-0.39, 0.29) is 23.5 Å². The highest BCUT2D eigenvalue weighted by molar-refractivity contribution is 6.19. The number of carbonyl (C=O) groups excluding carboxylic acids is 2. The minimum absolute atomic E-state index is 0.0222. The molecular weight excluding hydrogens is 445 g/mol. The zero-order valence-corrected chi connectivity index (χ0v) is 20.1. The third-order valence-electron chi connectivity index (χ3n) is 7.10. The number of piperazine rings is 1. The van der Waals surface area contributed by atoms with Gasteiger partial charge in [0.25, 0.3) is 11.8 Å². The molecule has 3 heterocycles. The van der Waals surface area contributed by atoms with Gasteiger partial charge in [-0.05, 0) is 37.1 Å². The van der Waals surface area contributed by atoms with E-state index in [1.54, 1.807) is 24.0 Å². The number of fused-ring (bicyclic) bond motifs is 1. The molecule has 1 fully saturated rings. The number of para-hydroxylation sites is 2. The van der Waals surface area contributed by atoms with Crippen LogP contribution in [0.15, 0.2) is 59.6 Å². The molecule has 0 radical (unpaired) electrons. The number of nitrogens with zero attached hydrogens (tertiary/aromatic N) is 4. The average Bonchev–Trinajstić information content (AvgIpc) is 3.18. The number of halogens is 1. The fraction of sp³-hybridized carbons (Fsp3) is 0.333. The van der Waals surface area contributed by atoms with Crippen molar-refractivity contribution in [1.82, 2.24) is 15.2 Å². The fourth-order valence-corrected chi connectivity index (χ4v) is 4.54. The Morgan fingerprint density at radius 3 is 2.43 bits per heavy atom. The Bertz CT molecular complexity index is 1350. The molecule has 2 amide bonds.